The minimum absolute atomic E-state index is 0.0749. The van der Waals surface area contributed by atoms with Crippen molar-refractivity contribution in [1.82, 2.24) is 25.3 Å². The lowest BCUT2D eigenvalue weighted by Crippen LogP contribution is -2.73. The van der Waals surface area contributed by atoms with Gasteiger partial charge in [-0.05, 0) is 87.1 Å². The number of benzene rings is 1. The Hall–Kier alpha value is -2.28. The fraction of sp³-hybridized carbons (Fsp3) is 0.697. The first kappa shape index (κ1) is 28.8. The molecule has 6 rings (SSSR count). The summed E-state index contributed by atoms with van der Waals surface area (Å²) in [5.74, 6) is 1.02. The number of nitriles is 1. The normalized spacial score (nSPS) is 37.8. The zero-order chi connectivity index (χ0) is 28.6. The van der Waals surface area contributed by atoms with E-state index in [4.69, 9.17) is 4.74 Å². The molecule has 4 fully saturated rings. The SMILES string of the molecule is C=CC(=O)N1CCN(C2NC(OCC3CCCN3C)NC3C[C@]4(CCC32)Cc2ccccc2CC4C)CC1CC#N. The van der Waals surface area contributed by atoms with Crippen molar-refractivity contribution < 1.29 is 9.53 Å². The number of fused-ring (bicyclic) bond motifs is 2. The quantitative estimate of drug-likeness (QED) is 0.518. The molecule has 0 aromatic heterocycles. The molecule has 2 N–H and O–H groups in total. The average Bonchev–Trinajstić information content (AvgIpc) is 3.40. The van der Waals surface area contributed by atoms with Gasteiger partial charge in [-0.2, -0.15) is 5.26 Å². The van der Waals surface area contributed by atoms with Crippen molar-refractivity contribution in [2.45, 2.75) is 88.9 Å². The van der Waals surface area contributed by atoms with Crippen LogP contribution in [-0.2, 0) is 22.4 Å². The number of likely N-dealkylation sites (N-methyl/N-ethyl adjacent to an activating group) is 1. The Bertz CT molecular complexity index is 1150. The summed E-state index contributed by atoms with van der Waals surface area (Å²) in [6.07, 6.45) is 9.97. The number of hydrogen-bond donors (Lipinski definition) is 2. The molecule has 1 aromatic rings. The molecule has 5 aliphatic rings. The van der Waals surface area contributed by atoms with Crippen LogP contribution >= 0.6 is 0 Å². The highest BCUT2D eigenvalue weighted by Gasteiger charge is 2.52. The molecule has 1 amide bonds. The molecule has 8 nitrogen and oxygen atoms in total. The first-order chi connectivity index (χ1) is 19.9. The van der Waals surface area contributed by atoms with Crippen molar-refractivity contribution in [3.05, 3.63) is 48.0 Å². The number of likely N-dealkylation sites (tertiary alicyclic amines) is 1. The molecule has 8 atom stereocenters. The molecule has 222 valence electrons. The van der Waals surface area contributed by atoms with Gasteiger partial charge in [0.25, 0.3) is 0 Å². The molecule has 0 radical (unpaired) electrons. The third-order valence-corrected chi connectivity index (χ3v) is 11.3. The van der Waals surface area contributed by atoms with E-state index in [1.165, 1.54) is 36.5 Å². The molecule has 1 saturated carbocycles. The van der Waals surface area contributed by atoms with E-state index in [0.29, 0.717) is 48.8 Å². The summed E-state index contributed by atoms with van der Waals surface area (Å²) in [5, 5.41) is 17.4. The molecular weight excluding hydrogens is 512 g/mol. The standard InChI is InChI=1S/C33H48N6O2/c1-4-30(40)39-17-16-38(21-26(39)12-14-34)31-28-11-13-33(19-25-9-6-5-8-24(25)18-23(33)2)20-29(28)35-32(36-31)41-22-27-10-7-15-37(27)3/h4-6,8-9,23,26-29,31-32,35-36H,1,7,10-13,15-22H2,2-3H3/t23?,26?,27?,28?,29?,31?,32?,33-/m0/s1. The summed E-state index contributed by atoms with van der Waals surface area (Å²) in [5.41, 5.74) is 3.37. The van der Waals surface area contributed by atoms with E-state index in [0.717, 1.165) is 45.4 Å². The van der Waals surface area contributed by atoms with E-state index >= 15 is 0 Å². The maximum Gasteiger partial charge on any atom is 0.246 e. The van der Waals surface area contributed by atoms with Crippen molar-refractivity contribution in [2.24, 2.45) is 17.3 Å². The highest BCUT2D eigenvalue weighted by atomic mass is 16.5. The van der Waals surface area contributed by atoms with Crippen LogP contribution in [0.4, 0.5) is 0 Å². The second-order valence-electron chi connectivity index (χ2n) is 13.4. The van der Waals surface area contributed by atoms with Crippen LogP contribution in [0.25, 0.3) is 0 Å². The van der Waals surface area contributed by atoms with Gasteiger partial charge in [0, 0.05) is 37.6 Å². The Kier molecular flexibility index (Phi) is 8.54. The van der Waals surface area contributed by atoms with Crippen LogP contribution in [0.15, 0.2) is 36.9 Å². The topological polar surface area (TPSA) is 83.9 Å². The minimum atomic E-state index is -0.209. The van der Waals surface area contributed by atoms with E-state index < -0.39 is 0 Å². The Morgan fingerprint density at radius 2 is 2.02 bits per heavy atom. The fourth-order valence-electron chi connectivity index (χ4n) is 8.75. The maximum atomic E-state index is 12.6. The van der Waals surface area contributed by atoms with Gasteiger partial charge in [-0.1, -0.05) is 37.8 Å². The molecule has 0 bridgehead atoms. The van der Waals surface area contributed by atoms with Crippen molar-refractivity contribution in [2.75, 3.05) is 39.8 Å². The largest absolute Gasteiger partial charge is 0.348 e. The molecule has 1 aromatic carbocycles. The molecule has 8 heteroatoms. The summed E-state index contributed by atoms with van der Waals surface area (Å²) in [4.78, 5) is 19.3. The van der Waals surface area contributed by atoms with Gasteiger partial charge in [0.2, 0.25) is 5.91 Å². The van der Waals surface area contributed by atoms with Gasteiger partial charge in [-0.25, -0.2) is 0 Å². The molecular formula is C33H48N6O2. The van der Waals surface area contributed by atoms with Gasteiger partial charge in [-0.3, -0.25) is 20.3 Å². The van der Waals surface area contributed by atoms with Crippen LogP contribution < -0.4 is 10.6 Å². The molecule has 7 unspecified atom stereocenters. The molecule has 3 heterocycles. The fourth-order valence-corrected chi connectivity index (χ4v) is 8.75. The summed E-state index contributed by atoms with van der Waals surface area (Å²) in [6.45, 7) is 10.1. The maximum absolute atomic E-state index is 12.6. The summed E-state index contributed by atoms with van der Waals surface area (Å²) in [7, 11) is 2.20. The summed E-state index contributed by atoms with van der Waals surface area (Å²) >= 11 is 0. The van der Waals surface area contributed by atoms with Gasteiger partial charge in [0.15, 0.2) is 6.35 Å². The second-order valence-corrected chi connectivity index (χ2v) is 13.4. The van der Waals surface area contributed by atoms with E-state index in [-0.39, 0.29) is 24.5 Å². The highest BCUT2D eigenvalue weighted by molar-refractivity contribution is 5.87. The van der Waals surface area contributed by atoms with Gasteiger partial charge in [0.05, 0.1) is 31.3 Å². The first-order valence-corrected chi connectivity index (χ1v) is 15.9. The summed E-state index contributed by atoms with van der Waals surface area (Å²) < 4.78 is 6.60. The lowest BCUT2D eigenvalue weighted by molar-refractivity contribution is -0.138. The number of carbonyl (C=O) groups is 1. The number of piperazine rings is 1. The van der Waals surface area contributed by atoms with E-state index in [1.54, 1.807) is 0 Å². The molecule has 41 heavy (non-hydrogen) atoms. The lowest BCUT2D eigenvalue weighted by Gasteiger charge is -2.57. The smallest absolute Gasteiger partial charge is 0.246 e. The van der Waals surface area contributed by atoms with Gasteiger partial charge < -0.3 is 14.5 Å². The predicted octanol–water partition coefficient (Wildman–Crippen LogP) is 3.10. The van der Waals surface area contributed by atoms with Gasteiger partial charge >= 0.3 is 0 Å². The van der Waals surface area contributed by atoms with Crippen molar-refractivity contribution in [3.8, 4) is 6.07 Å². The Morgan fingerprint density at radius 3 is 2.78 bits per heavy atom. The van der Waals surface area contributed by atoms with Gasteiger partial charge in [-0.15, -0.1) is 0 Å². The van der Waals surface area contributed by atoms with Crippen molar-refractivity contribution >= 4 is 5.91 Å². The molecule has 3 saturated heterocycles. The van der Waals surface area contributed by atoms with Crippen LogP contribution in [0.3, 0.4) is 0 Å². The third-order valence-electron chi connectivity index (χ3n) is 11.3. The number of hydrogen-bond acceptors (Lipinski definition) is 7. The minimum Gasteiger partial charge on any atom is -0.348 e. The predicted molar refractivity (Wildman–Crippen MR) is 160 cm³/mol. The highest BCUT2D eigenvalue weighted by Crippen LogP contribution is 2.52. The molecule has 2 aliphatic carbocycles. The molecule has 1 spiro atoms. The van der Waals surface area contributed by atoms with E-state index in [1.807, 2.05) is 4.90 Å². The Balaban J connectivity index is 1.22. The zero-order valence-electron chi connectivity index (χ0n) is 24.9. The third kappa shape index (κ3) is 5.72. The van der Waals surface area contributed by atoms with Gasteiger partial charge in [0.1, 0.15) is 0 Å². The average molecular weight is 561 g/mol. The van der Waals surface area contributed by atoms with E-state index in [9.17, 15) is 10.1 Å². The van der Waals surface area contributed by atoms with Crippen LogP contribution in [0.1, 0.15) is 56.6 Å². The second kappa shape index (κ2) is 12.1. The monoisotopic (exact) mass is 560 g/mol. The van der Waals surface area contributed by atoms with E-state index in [2.05, 4.69) is 71.3 Å². The number of carbonyl (C=O) groups excluding carboxylic acids is 1. The van der Waals surface area contributed by atoms with Crippen LogP contribution in [0, 0.1) is 28.6 Å². The lowest BCUT2D eigenvalue weighted by atomic mass is 9.55. The number of ether oxygens (including phenoxy) is 1. The number of nitrogens with one attached hydrogen (secondary N) is 2. The van der Waals surface area contributed by atoms with Crippen LogP contribution in [-0.4, -0.2) is 91.1 Å². The zero-order valence-corrected chi connectivity index (χ0v) is 24.9. The first-order valence-electron chi connectivity index (χ1n) is 15.9. The Morgan fingerprint density at radius 1 is 1.20 bits per heavy atom. The molecule has 3 aliphatic heterocycles. The van der Waals surface area contributed by atoms with Crippen molar-refractivity contribution in [1.29, 1.82) is 5.26 Å². The van der Waals surface area contributed by atoms with Crippen LogP contribution in [0.2, 0.25) is 0 Å². The summed E-state index contributed by atoms with van der Waals surface area (Å²) in [6, 6.07) is 12.1. The van der Waals surface area contributed by atoms with Crippen LogP contribution in [0.5, 0.6) is 0 Å². The Labute approximate surface area is 246 Å². The number of amides is 1. The van der Waals surface area contributed by atoms with Crippen molar-refractivity contribution in [3.63, 3.8) is 0 Å². The number of nitrogens with zero attached hydrogens (tertiary/aromatic N) is 4. The number of rotatable bonds is 6.